The first-order valence-electron chi connectivity index (χ1n) is 5.65. The number of nitro groups is 1. The number of benzene rings is 1. The van der Waals surface area contributed by atoms with Gasteiger partial charge >= 0.3 is 0 Å². The van der Waals surface area contributed by atoms with Crippen molar-refractivity contribution in [3.05, 3.63) is 33.3 Å². The summed E-state index contributed by atoms with van der Waals surface area (Å²) in [6.07, 6.45) is 0. The number of nitrogens with one attached hydrogen (secondary N) is 1. The van der Waals surface area contributed by atoms with Crippen LogP contribution in [0.25, 0.3) is 0 Å². The zero-order valence-electron chi connectivity index (χ0n) is 10.6. The second kappa shape index (κ2) is 6.36. The van der Waals surface area contributed by atoms with E-state index in [2.05, 4.69) is 11.4 Å². The van der Waals surface area contributed by atoms with E-state index < -0.39 is 10.5 Å². The molecule has 0 fully saturated rings. The summed E-state index contributed by atoms with van der Waals surface area (Å²) in [6.45, 7) is 4.35. The molecule has 0 radical (unpaired) electrons. The molecule has 1 aromatic carbocycles. The summed E-state index contributed by atoms with van der Waals surface area (Å²) in [4.78, 5) is 10.0. The van der Waals surface area contributed by atoms with Crippen molar-refractivity contribution in [1.29, 1.82) is 5.26 Å². The molecule has 7 heteroatoms. The van der Waals surface area contributed by atoms with Gasteiger partial charge in [-0.05, 0) is 19.5 Å². The Balaban J connectivity index is 2.77. The maximum Gasteiger partial charge on any atom is 0.288 e. The Morgan fingerprint density at radius 1 is 1.63 bits per heavy atom. The molecule has 0 spiro atoms. The first-order chi connectivity index (χ1) is 8.91. The fourth-order valence-electron chi connectivity index (χ4n) is 1.47. The normalized spacial score (nSPS) is 13.4. The molecule has 0 aliphatic rings. The highest BCUT2D eigenvalue weighted by atomic mass is 35.5. The smallest absolute Gasteiger partial charge is 0.288 e. The van der Waals surface area contributed by atoms with Crippen LogP contribution in [0.4, 0.5) is 5.69 Å². The van der Waals surface area contributed by atoms with Crippen LogP contribution in [0.3, 0.4) is 0 Å². The van der Waals surface area contributed by atoms with E-state index in [1.165, 1.54) is 18.2 Å². The first kappa shape index (κ1) is 15.2. The van der Waals surface area contributed by atoms with Crippen molar-refractivity contribution in [1.82, 2.24) is 5.32 Å². The van der Waals surface area contributed by atoms with Gasteiger partial charge in [0.05, 0.1) is 11.0 Å². The number of rotatable bonds is 6. The third kappa shape index (κ3) is 4.09. The van der Waals surface area contributed by atoms with Crippen molar-refractivity contribution >= 4 is 17.3 Å². The van der Waals surface area contributed by atoms with Crippen molar-refractivity contribution in [3.63, 3.8) is 0 Å². The summed E-state index contributed by atoms with van der Waals surface area (Å²) in [6, 6.07) is 6.21. The van der Waals surface area contributed by atoms with Crippen LogP contribution in [0.5, 0.6) is 5.75 Å². The molecule has 102 valence electrons. The van der Waals surface area contributed by atoms with Gasteiger partial charge in [-0.2, -0.15) is 5.26 Å². The molecule has 1 atom stereocenters. The number of likely N-dealkylation sites (N-methyl/N-ethyl adjacent to an activating group) is 1. The van der Waals surface area contributed by atoms with Gasteiger partial charge in [-0.15, -0.1) is 0 Å². The predicted molar refractivity (Wildman–Crippen MR) is 71.3 cm³/mol. The average Bonchev–Trinajstić information content (AvgIpc) is 2.36. The minimum absolute atomic E-state index is 0.00427. The standard InChI is InChI=1S/C12H14ClN3O3/c1-3-15-12(2,7-14)8-19-9-4-5-11(16(17)18)10(13)6-9/h4-6,15H,3,8H2,1-2H3. The number of hydrogen-bond acceptors (Lipinski definition) is 5. The van der Waals surface area contributed by atoms with Gasteiger partial charge in [-0.3, -0.25) is 15.4 Å². The van der Waals surface area contributed by atoms with Crippen LogP contribution in [0.1, 0.15) is 13.8 Å². The van der Waals surface area contributed by atoms with E-state index in [4.69, 9.17) is 21.6 Å². The number of ether oxygens (including phenoxy) is 1. The predicted octanol–water partition coefficient (Wildman–Crippen LogP) is 2.52. The molecule has 1 N–H and O–H groups in total. The van der Waals surface area contributed by atoms with Crippen LogP contribution >= 0.6 is 11.6 Å². The van der Waals surface area contributed by atoms with Gasteiger partial charge in [0, 0.05) is 12.1 Å². The van der Waals surface area contributed by atoms with Crippen molar-refractivity contribution in [2.75, 3.05) is 13.2 Å². The Bertz CT molecular complexity index is 515. The van der Waals surface area contributed by atoms with E-state index in [1.54, 1.807) is 6.92 Å². The molecule has 19 heavy (non-hydrogen) atoms. The number of halogens is 1. The molecule has 0 heterocycles. The van der Waals surface area contributed by atoms with Crippen LogP contribution < -0.4 is 10.1 Å². The van der Waals surface area contributed by atoms with Gasteiger partial charge in [0.2, 0.25) is 0 Å². The lowest BCUT2D eigenvalue weighted by molar-refractivity contribution is -0.384. The van der Waals surface area contributed by atoms with E-state index in [9.17, 15) is 10.1 Å². The largest absolute Gasteiger partial charge is 0.490 e. The minimum atomic E-state index is -0.816. The van der Waals surface area contributed by atoms with Gasteiger partial charge < -0.3 is 4.74 Å². The van der Waals surface area contributed by atoms with E-state index in [-0.39, 0.29) is 17.3 Å². The maximum atomic E-state index is 10.6. The summed E-state index contributed by atoms with van der Waals surface area (Å²) < 4.78 is 5.44. The molecule has 0 saturated heterocycles. The third-order valence-electron chi connectivity index (χ3n) is 2.46. The van der Waals surface area contributed by atoms with Gasteiger partial charge in [-0.25, -0.2) is 0 Å². The Hall–Kier alpha value is -1.84. The molecule has 0 aromatic heterocycles. The Morgan fingerprint density at radius 2 is 2.32 bits per heavy atom. The molecule has 0 bridgehead atoms. The highest BCUT2D eigenvalue weighted by Gasteiger charge is 2.23. The SMILES string of the molecule is CCNC(C)(C#N)COc1ccc([N+](=O)[O-])c(Cl)c1. The summed E-state index contributed by atoms with van der Waals surface area (Å²) in [5.41, 5.74) is -0.994. The van der Waals surface area contributed by atoms with Crippen LogP contribution in [0.2, 0.25) is 5.02 Å². The highest BCUT2D eigenvalue weighted by Crippen LogP contribution is 2.28. The summed E-state index contributed by atoms with van der Waals surface area (Å²) in [5, 5.41) is 22.7. The molecular weight excluding hydrogens is 270 g/mol. The lowest BCUT2D eigenvalue weighted by Gasteiger charge is -2.22. The Kier molecular flexibility index (Phi) is 5.10. The van der Waals surface area contributed by atoms with Crippen molar-refractivity contribution < 1.29 is 9.66 Å². The molecule has 1 unspecified atom stereocenters. The molecule has 0 saturated carbocycles. The van der Waals surface area contributed by atoms with Crippen LogP contribution in [-0.2, 0) is 0 Å². The number of nitrogens with zero attached hydrogens (tertiary/aromatic N) is 2. The maximum absolute atomic E-state index is 10.6. The molecule has 0 amide bonds. The van der Waals surface area contributed by atoms with E-state index in [1.807, 2.05) is 6.92 Å². The lowest BCUT2D eigenvalue weighted by atomic mass is 10.1. The Labute approximate surface area is 116 Å². The monoisotopic (exact) mass is 283 g/mol. The van der Waals surface area contributed by atoms with Crippen LogP contribution in [-0.4, -0.2) is 23.6 Å². The first-order valence-corrected chi connectivity index (χ1v) is 6.02. The molecule has 0 aliphatic heterocycles. The van der Waals surface area contributed by atoms with E-state index in [0.29, 0.717) is 12.3 Å². The van der Waals surface area contributed by atoms with Crippen molar-refractivity contribution in [2.45, 2.75) is 19.4 Å². The fourth-order valence-corrected chi connectivity index (χ4v) is 1.71. The van der Waals surface area contributed by atoms with Gasteiger partial charge in [0.15, 0.2) is 0 Å². The molecule has 6 nitrogen and oxygen atoms in total. The van der Waals surface area contributed by atoms with Gasteiger partial charge in [-0.1, -0.05) is 18.5 Å². The topological polar surface area (TPSA) is 88.2 Å². The van der Waals surface area contributed by atoms with Crippen LogP contribution in [0, 0.1) is 21.4 Å². The number of nitriles is 1. The minimum Gasteiger partial charge on any atom is -0.490 e. The highest BCUT2D eigenvalue weighted by molar-refractivity contribution is 6.32. The molecule has 1 rings (SSSR count). The second-order valence-corrected chi connectivity index (χ2v) is 4.54. The quantitative estimate of drug-likeness (QED) is 0.640. The molecular formula is C12H14ClN3O3. The van der Waals surface area contributed by atoms with Gasteiger partial charge in [0.25, 0.3) is 5.69 Å². The average molecular weight is 284 g/mol. The van der Waals surface area contributed by atoms with Gasteiger partial charge in [0.1, 0.15) is 22.9 Å². The number of hydrogen-bond donors (Lipinski definition) is 1. The fraction of sp³-hybridized carbons (Fsp3) is 0.417. The molecule has 0 aliphatic carbocycles. The van der Waals surface area contributed by atoms with E-state index in [0.717, 1.165) is 0 Å². The second-order valence-electron chi connectivity index (χ2n) is 4.13. The summed E-state index contributed by atoms with van der Waals surface area (Å²) >= 11 is 5.77. The van der Waals surface area contributed by atoms with Crippen molar-refractivity contribution in [2.24, 2.45) is 0 Å². The zero-order valence-corrected chi connectivity index (χ0v) is 11.4. The van der Waals surface area contributed by atoms with Crippen LogP contribution in [0.15, 0.2) is 18.2 Å². The molecule has 1 aromatic rings. The third-order valence-corrected chi connectivity index (χ3v) is 2.76. The van der Waals surface area contributed by atoms with Crippen molar-refractivity contribution in [3.8, 4) is 11.8 Å². The summed E-state index contributed by atoms with van der Waals surface area (Å²) in [5.74, 6) is 0.384. The Morgan fingerprint density at radius 3 is 2.79 bits per heavy atom. The summed E-state index contributed by atoms with van der Waals surface area (Å²) in [7, 11) is 0. The zero-order chi connectivity index (χ0) is 14.5. The number of nitro benzene ring substituents is 1. The van der Waals surface area contributed by atoms with E-state index >= 15 is 0 Å². The lowest BCUT2D eigenvalue weighted by Crippen LogP contribution is -2.46.